The van der Waals surface area contributed by atoms with E-state index in [1.54, 1.807) is 54.5 Å². The van der Waals surface area contributed by atoms with E-state index in [0.717, 1.165) is 11.3 Å². The Balaban J connectivity index is 1.52. The number of benzene rings is 3. The molecular formula is C27H30ClN3O4S. The highest BCUT2D eigenvalue weighted by atomic mass is 35.5. The topological polar surface area (TPSA) is 70.2 Å². The monoisotopic (exact) mass is 527 g/mol. The van der Waals surface area contributed by atoms with Crippen LogP contribution in [-0.2, 0) is 14.8 Å². The number of piperazine rings is 1. The molecule has 36 heavy (non-hydrogen) atoms. The lowest BCUT2D eigenvalue weighted by Gasteiger charge is -2.37. The molecule has 1 aliphatic heterocycles. The number of nitrogens with zero attached hydrogens (tertiary/aromatic N) is 3. The van der Waals surface area contributed by atoms with Gasteiger partial charge in [-0.2, -0.15) is 4.31 Å². The van der Waals surface area contributed by atoms with Gasteiger partial charge in [0.2, 0.25) is 15.9 Å². The molecule has 0 aromatic heterocycles. The lowest BCUT2D eigenvalue weighted by atomic mass is 10.0. The van der Waals surface area contributed by atoms with Crippen LogP contribution in [0.4, 0.5) is 5.69 Å². The molecule has 1 atom stereocenters. The number of carbonyl (C=O) groups excluding carboxylic acids is 1. The lowest BCUT2D eigenvalue weighted by molar-refractivity contribution is -0.132. The summed E-state index contributed by atoms with van der Waals surface area (Å²) in [5.74, 6) is 0.575. The molecule has 0 N–H and O–H groups in total. The van der Waals surface area contributed by atoms with Gasteiger partial charge in [0.05, 0.1) is 18.0 Å². The quantitative estimate of drug-likeness (QED) is 0.433. The zero-order valence-corrected chi connectivity index (χ0v) is 22.0. The van der Waals surface area contributed by atoms with E-state index in [2.05, 4.69) is 4.90 Å². The largest absolute Gasteiger partial charge is 0.497 e. The Morgan fingerprint density at radius 1 is 0.972 bits per heavy atom. The van der Waals surface area contributed by atoms with Crippen molar-refractivity contribution < 1.29 is 17.9 Å². The molecule has 1 amide bonds. The van der Waals surface area contributed by atoms with Crippen molar-refractivity contribution in [3.05, 3.63) is 89.4 Å². The van der Waals surface area contributed by atoms with E-state index in [0.29, 0.717) is 37.0 Å². The summed E-state index contributed by atoms with van der Waals surface area (Å²) in [6.07, 6.45) is 0.0338. The minimum Gasteiger partial charge on any atom is -0.497 e. The number of halogens is 1. The first kappa shape index (κ1) is 26.0. The Morgan fingerprint density at radius 2 is 1.64 bits per heavy atom. The van der Waals surface area contributed by atoms with E-state index < -0.39 is 16.1 Å². The minimum absolute atomic E-state index is 0.0338. The molecule has 0 unspecified atom stereocenters. The maximum absolute atomic E-state index is 13.4. The zero-order valence-electron chi connectivity index (χ0n) is 20.4. The third-order valence-corrected chi connectivity index (χ3v) is 8.65. The minimum atomic E-state index is -3.82. The summed E-state index contributed by atoms with van der Waals surface area (Å²) < 4.78 is 33.4. The standard InChI is InChI=1S/C27H30ClN3O4S/c1-29(36(33,34)25-9-4-3-5-10-25)26(21-11-13-24(35-2)14-12-21)20-27(32)31-17-15-30(16-18-31)23-8-6-7-22(28)19-23/h3-14,19,26H,15-18,20H2,1-2H3/t26-/m0/s1. The Morgan fingerprint density at radius 3 is 2.25 bits per heavy atom. The zero-order chi connectivity index (χ0) is 25.7. The van der Waals surface area contributed by atoms with Crippen LogP contribution in [0.2, 0.25) is 5.02 Å². The summed E-state index contributed by atoms with van der Waals surface area (Å²) in [6, 6.07) is 22.5. The van der Waals surface area contributed by atoms with Gasteiger partial charge < -0.3 is 14.5 Å². The van der Waals surface area contributed by atoms with Crippen molar-refractivity contribution in [3.8, 4) is 5.75 Å². The summed E-state index contributed by atoms with van der Waals surface area (Å²) in [5.41, 5.74) is 1.75. The lowest BCUT2D eigenvalue weighted by Crippen LogP contribution is -2.49. The fourth-order valence-electron chi connectivity index (χ4n) is 4.39. The molecular weight excluding hydrogens is 498 g/mol. The van der Waals surface area contributed by atoms with Crippen molar-refractivity contribution in [3.63, 3.8) is 0 Å². The molecule has 0 radical (unpaired) electrons. The SMILES string of the molecule is COc1ccc([C@H](CC(=O)N2CCN(c3cccc(Cl)c3)CC2)N(C)S(=O)(=O)c2ccccc2)cc1. The first-order valence-corrected chi connectivity index (χ1v) is 13.6. The molecule has 1 fully saturated rings. The predicted octanol–water partition coefficient (Wildman–Crippen LogP) is 4.45. The van der Waals surface area contributed by atoms with Gasteiger partial charge >= 0.3 is 0 Å². The van der Waals surface area contributed by atoms with E-state index in [-0.39, 0.29) is 17.2 Å². The number of anilines is 1. The summed E-state index contributed by atoms with van der Waals surface area (Å²) in [6.45, 7) is 2.46. The van der Waals surface area contributed by atoms with Crippen molar-refractivity contribution in [2.24, 2.45) is 0 Å². The molecule has 0 saturated carbocycles. The van der Waals surface area contributed by atoms with Gasteiger partial charge in [-0.05, 0) is 48.0 Å². The van der Waals surface area contributed by atoms with Crippen molar-refractivity contribution in [1.29, 1.82) is 0 Å². The van der Waals surface area contributed by atoms with E-state index in [4.69, 9.17) is 16.3 Å². The Bertz CT molecular complexity index is 1280. The van der Waals surface area contributed by atoms with Crippen molar-refractivity contribution in [2.75, 3.05) is 45.2 Å². The van der Waals surface area contributed by atoms with Gasteiger partial charge in [0.15, 0.2) is 0 Å². The second-order valence-electron chi connectivity index (χ2n) is 8.68. The highest BCUT2D eigenvalue weighted by molar-refractivity contribution is 7.89. The fourth-order valence-corrected chi connectivity index (χ4v) is 5.94. The molecule has 0 aliphatic carbocycles. The Kier molecular flexibility index (Phi) is 8.18. The van der Waals surface area contributed by atoms with E-state index >= 15 is 0 Å². The average Bonchev–Trinajstić information content (AvgIpc) is 2.92. The molecule has 0 spiro atoms. The molecule has 3 aromatic rings. The molecule has 3 aromatic carbocycles. The third kappa shape index (κ3) is 5.83. The summed E-state index contributed by atoms with van der Waals surface area (Å²) >= 11 is 6.14. The highest BCUT2D eigenvalue weighted by Gasteiger charge is 2.33. The highest BCUT2D eigenvalue weighted by Crippen LogP contribution is 2.31. The van der Waals surface area contributed by atoms with E-state index in [1.165, 1.54) is 11.4 Å². The number of carbonyl (C=O) groups is 1. The van der Waals surface area contributed by atoms with E-state index in [1.807, 2.05) is 36.4 Å². The fraction of sp³-hybridized carbons (Fsp3) is 0.296. The Labute approximate surface area is 217 Å². The second kappa shape index (κ2) is 11.3. The van der Waals surface area contributed by atoms with Crippen LogP contribution in [0.15, 0.2) is 83.8 Å². The van der Waals surface area contributed by atoms with Crippen LogP contribution in [0.5, 0.6) is 5.75 Å². The van der Waals surface area contributed by atoms with Crippen molar-refractivity contribution in [2.45, 2.75) is 17.4 Å². The van der Waals surface area contributed by atoms with Crippen LogP contribution in [0.25, 0.3) is 0 Å². The van der Waals surface area contributed by atoms with Gasteiger partial charge in [-0.1, -0.05) is 48.0 Å². The molecule has 4 rings (SSSR count). The summed E-state index contributed by atoms with van der Waals surface area (Å²) in [4.78, 5) is 17.6. The molecule has 190 valence electrons. The third-order valence-electron chi connectivity index (χ3n) is 6.53. The first-order valence-electron chi connectivity index (χ1n) is 11.7. The smallest absolute Gasteiger partial charge is 0.243 e. The predicted molar refractivity (Wildman–Crippen MR) is 142 cm³/mol. The number of sulfonamides is 1. The van der Waals surface area contributed by atoms with Gasteiger partial charge in [-0.3, -0.25) is 4.79 Å². The van der Waals surface area contributed by atoms with Gasteiger partial charge in [0.1, 0.15) is 5.75 Å². The van der Waals surface area contributed by atoms with Crippen LogP contribution in [0.3, 0.4) is 0 Å². The number of ether oxygens (including phenoxy) is 1. The maximum atomic E-state index is 13.4. The van der Waals surface area contributed by atoms with Gasteiger partial charge in [-0.15, -0.1) is 0 Å². The number of hydrogen-bond donors (Lipinski definition) is 0. The summed E-state index contributed by atoms with van der Waals surface area (Å²) in [5, 5.41) is 0.677. The van der Waals surface area contributed by atoms with Crippen molar-refractivity contribution >= 4 is 33.2 Å². The first-order chi connectivity index (χ1) is 17.3. The van der Waals surface area contributed by atoms with Gasteiger partial charge in [0, 0.05) is 50.4 Å². The molecule has 1 saturated heterocycles. The average molecular weight is 528 g/mol. The number of hydrogen-bond acceptors (Lipinski definition) is 5. The molecule has 9 heteroatoms. The maximum Gasteiger partial charge on any atom is 0.243 e. The number of amides is 1. The Hall–Kier alpha value is -3.07. The van der Waals surface area contributed by atoms with Crippen LogP contribution >= 0.6 is 11.6 Å². The van der Waals surface area contributed by atoms with Crippen molar-refractivity contribution in [1.82, 2.24) is 9.21 Å². The van der Waals surface area contributed by atoms with Crippen LogP contribution in [0.1, 0.15) is 18.0 Å². The number of methoxy groups -OCH3 is 1. The molecule has 1 heterocycles. The van der Waals surface area contributed by atoms with E-state index in [9.17, 15) is 13.2 Å². The second-order valence-corrected chi connectivity index (χ2v) is 11.1. The normalized spacial score (nSPS) is 15.1. The van der Waals surface area contributed by atoms with Gasteiger partial charge in [-0.25, -0.2) is 8.42 Å². The van der Waals surface area contributed by atoms with Crippen LogP contribution in [-0.4, -0.2) is 63.9 Å². The van der Waals surface area contributed by atoms with Crippen LogP contribution in [0, 0.1) is 0 Å². The number of rotatable bonds is 8. The molecule has 1 aliphatic rings. The van der Waals surface area contributed by atoms with Gasteiger partial charge in [0.25, 0.3) is 0 Å². The summed E-state index contributed by atoms with van der Waals surface area (Å²) in [7, 11) is -0.713. The molecule has 0 bridgehead atoms. The molecule has 7 nitrogen and oxygen atoms in total. The van der Waals surface area contributed by atoms with Crippen LogP contribution < -0.4 is 9.64 Å².